The van der Waals surface area contributed by atoms with Gasteiger partial charge in [0.2, 0.25) is 5.91 Å². The number of amides is 1. The Hall–Kier alpha value is -2.95. The molecule has 1 atom stereocenters. The molecule has 3 aromatic rings. The second-order valence-electron chi connectivity index (χ2n) is 7.93. The van der Waals surface area contributed by atoms with Crippen molar-refractivity contribution in [3.63, 3.8) is 0 Å². The van der Waals surface area contributed by atoms with E-state index in [0.717, 1.165) is 36.9 Å². The van der Waals surface area contributed by atoms with Gasteiger partial charge in [0.1, 0.15) is 0 Å². The molecule has 1 saturated heterocycles. The smallest absolute Gasteiger partial charge is 0.223 e. The molecule has 174 valence electrons. The maximum absolute atomic E-state index is 12.4. The number of hydrogen-bond donors (Lipinski definition) is 2. The highest BCUT2D eigenvalue weighted by Crippen LogP contribution is 2.17. The lowest BCUT2D eigenvalue weighted by molar-refractivity contribution is -0.127. The summed E-state index contributed by atoms with van der Waals surface area (Å²) in [7, 11) is 1.75. The number of guanidine groups is 1. The van der Waals surface area contributed by atoms with Crippen molar-refractivity contribution in [2.24, 2.45) is 10.9 Å². The largest absolute Gasteiger partial charge is 0.356 e. The third-order valence-corrected chi connectivity index (χ3v) is 5.60. The van der Waals surface area contributed by atoms with Crippen molar-refractivity contribution in [1.29, 1.82) is 0 Å². The summed E-state index contributed by atoms with van der Waals surface area (Å²) in [6.07, 6.45) is 6.85. The highest BCUT2D eigenvalue weighted by Gasteiger charge is 2.29. The van der Waals surface area contributed by atoms with Gasteiger partial charge < -0.3 is 15.5 Å². The number of rotatable bonds is 8. The van der Waals surface area contributed by atoms with E-state index in [0.29, 0.717) is 19.5 Å². The van der Waals surface area contributed by atoms with E-state index in [1.807, 2.05) is 47.5 Å². The van der Waals surface area contributed by atoms with Gasteiger partial charge in [-0.3, -0.25) is 9.79 Å². The van der Waals surface area contributed by atoms with E-state index in [2.05, 4.69) is 37.8 Å². The fourth-order valence-corrected chi connectivity index (χ4v) is 3.86. The monoisotopic (exact) mass is 559 g/mol. The average Bonchev–Trinajstić information content (AvgIpc) is 3.49. The molecule has 1 aliphatic rings. The van der Waals surface area contributed by atoms with Crippen molar-refractivity contribution in [2.75, 3.05) is 26.7 Å². The summed E-state index contributed by atoms with van der Waals surface area (Å²) in [5, 5.41) is 10.9. The fraction of sp³-hybridized carbons (Fsp3) is 0.333. The minimum Gasteiger partial charge on any atom is -0.356 e. The number of aliphatic imine (C=N–C) groups is 1. The quantitative estimate of drug-likeness (QED) is 0.252. The molecule has 1 unspecified atom stereocenters. The van der Waals surface area contributed by atoms with Crippen LogP contribution in [0.3, 0.4) is 0 Å². The Morgan fingerprint density at radius 1 is 1.12 bits per heavy atom. The van der Waals surface area contributed by atoms with Crippen molar-refractivity contribution in [3.05, 3.63) is 78.2 Å². The molecule has 8 nitrogen and oxygen atoms in total. The zero-order valence-electron chi connectivity index (χ0n) is 18.7. The molecule has 0 bridgehead atoms. The lowest BCUT2D eigenvalue weighted by Gasteiger charge is -2.18. The van der Waals surface area contributed by atoms with Gasteiger partial charge in [-0.05, 0) is 35.7 Å². The predicted molar refractivity (Wildman–Crippen MR) is 140 cm³/mol. The first-order valence-corrected chi connectivity index (χ1v) is 10.9. The van der Waals surface area contributed by atoms with E-state index in [1.165, 1.54) is 5.56 Å². The predicted octanol–water partition coefficient (Wildman–Crippen LogP) is 2.64. The van der Waals surface area contributed by atoms with Crippen molar-refractivity contribution in [3.8, 4) is 5.82 Å². The van der Waals surface area contributed by atoms with Crippen LogP contribution in [0.1, 0.15) is 17.5 Å². The Balaban J connectivity index is 0.00000306. The molecule has 33 heavy (non-hydrogen) atoms. The summed E-state index contributed by atoms with van der Waals surface area (Å²) in [4.78, 5) is 23.0. The van der Waals surface area contributed by atoms with Gasteiger partial charge >= 0.3 is 0 Å². The third kappa shape index (κ3) is 7.01. The normalized spacial score (nSPS) is 15.9. The summed E-state index contributed by atoms with van der Waals surface area (Å²) < 4.78 is 1.73. The van der Waals surface area contributed by atoms with Gasteiger partial charge in [0.15, 0.2) is 11.8 Å². The van der Waals surface area contributed by atoms with Crippen LogP contribution in [0.15, 0.2) is 72.1 Å². The summed E-state index contributed by atoms with van der Waals surface area (Å²) in [5.74, 6) is 2.01. The Kier molecular flexibility index (Phi) is 9.23. The summed E-state index contributed by atoms with van der Waals surface area (Å²) in [6.45, 7) is 2.88. The van der Waals surface area contributed by atoms with Crippen LogP contribution in [0.2, 0.25) is 0 Å². The van der Waals surface area contributed by atoms with Gasteiger partial charge in [-0.25, -0.2) is 9.67 Å². The third-order valence-electron chi connectivity index (χ3n) is 5.60. The standard InChI is InChI=1S/C24H29N7O.HI/c1-25-24(27-16-20-8-11-26-22(14-20)31-12-5-10-29-31)28-17-21-15-23(32)30(18-21)13-9-19-6-3-2-4-7-19;/h2-8,10-12,14,21H,9,13,15-18H2,1H3,(H2,25,27,28);1H. The van der Waals surface area contributed by atoms with Crippen LogP contribution in [0, 0.1) is 5.92 Å². The minimum atomic E-state index is 0. The number of hydrogen-bond acceptors (Lipinski definition) is 4. The van der Waals surface area contributed by atoms with Crippen molar-refractivity contribution >= 4 is 35.8 Å². The molecule has 0 radical (unpaired) electrons. The molecule has 2 N–H and O–H groups in total. The van der Waals surface area contributed by atoms with Crippen LogP contribution >= 0.6 is 24.0 Å². The van der Waals surface area contributed by atoms with Crippen LogP contribution in [0.25, 0.3) is 5.82 Å². The summed E-state index contributed by atoms with van der Waals surface area (Å²) in [5.41, 5.74) is 2.34. The van der Waals surface area contributed by atoms with Crippen molar-refractivity contribution in [1.82, 2.24) is 30.3 Å². The zero-order chi connectivity index (χ0) is 22.2. The fourth-order valence-electron chi connectivity index (χ4n) is 3.86. The number of nitrogens with zero attached hydrogens (tertiary/aromatic N) is 5. The summed E-state index contributed by atoms with van der Waals surface area (Å²) in [6, 6.07) is 16.1. The van der Waals surface area contributed by atoms with Gasteiger partial charge in [0.25, 0.3) is 0 Å². The second kappa shape index (κ2) is 12.3. The molecular weight excluding hydrogens is 529 g/mol. The number of carbonyl (C=O) groups is 1. The highest BCUT2D eigenvalue weighted by atomic mass is 127. The topological polar surface area (TPSA) is 87.4 Å². The molecule has 0 spiro atoms. The van der Waals surface area contributed by atoms with Crippen LogP contribution in [0.5, 0.6) is 0 Å². The van der Waals surface area contributed by atoms with Crippen molar-refractivity contribution < 1.29 is 4.79 Å². The molecule has 4 rings (SSSR count). The lowest BCUT2D eigenvalue weighted by atomic mass is 10.1. The molecule has 1 fully saturated rings. The molecule has 9 heteroatoms. The maximum Gasteiger partial charge on any atom is 0.223 e. The SMILES string of the molecule is CN=C(NCc1ccnc(-n2cccn2)c1)NCC1CC(=O)N(CCc2ccccc2)C1.I. The lowest BCUT2D eigenvalue weighted by Crippen LogP contribution is -2.40. The van der Waals surface area contributed by atoms with Crippen LogP contribution < -0.4 is 10.6 Å². The minimum absolute atomic E-state index is 0. The Labute approximate surface area is 211 Å². The van der Waals surface area contributed by atoms with Gasteiger partial charge in [-0.15, -0.1) is 24.0 Å². The molecule has 1 amide bonds. The van der Waals surface area contributed by atoms with E-state index in [-0.39, 0.29) is 35.8 Å². The molecule has 0 saturated carbocycles. The Morgan fingerprint density at radius 3 is 2.73 bits per heavy atom. The highest BCUT2D eigenvalue weighted by molar-refractivity contribution is 14.0. The zero-order valence-corrected chi connectivity index (χ0v) is 21.1. The molecule has 3 heterocycles. The molecule has 0 aliphatic carbocycles. The number of carbonyl (C=O) groups excluding carboxylic acids is 1. The maximum atomic E-state index is 12.4. The van der Waals surface area contributed by atoms with Gasteiger partial charge in [0, 0.05) is 64.2 Å². The molecule has 2 aromatic heterocycles. The average molecular weight is 559 g/mol. The number of halogens is 1. The van der Waals surface area contributed by atoms with E-state index in [4.69, 9.17) is 0 Å². The van der Waals surface area contributed by atoms with Gasteiger partial charge in [-0.2, -0.15) is 5.10 Å². The van der Waals surface area contributed by atoms with Gasteiger partial charge in [0.05, 0.1) is 0 Å². The van der Waals surface area contributed by atoms with Crippen LogP contribution in [0.4, 0.5) is 0 Å². The van der Waals surface area contributed by atoms with E-state index >= 15 is 0 Å². The number of pyridine rings is 1. The Bertz CT molecular complexity index is 1040. The Morgan fingerprint density at radius 2 is 1.97 bits per heavy atom. The number of likely N-dealkylation sites (tertiary alicyclic amines) is 1. The van der Waals surface area contributed by atoms with E-state index < -0.39 is 0 Å². The molecule has 1 aromatic carbocycles. The summed E-state index contributed by atoms with van der Waals surface area (Å²) >= 11 is 0. The second-order valence-corrected chi connectivity index (χ2v) is 7.93. The van der Waals surface area contributed by atoms with Gasteiger partial charge in [-0.1, -0.05) is 30.3 Å². The van der Waals surface area contributed by atoms with Crippen molar-refractivity contribution in [2.45, 2.75) is 19.4 Å². The first kappa shape index (κ1) is 24.7. The number of aromatic nitrogens is 3. The van der Waals surface area contributed by atoms with Crippen LogP contribution in [-0.4, -0.2) is 58.2 Å². The number of nitrogens with one attached hydrogen (secondary N) is 2. The van der Waals surface area contributed by atoms with Crippen LogP contribution in [-0.2, 0) is 17.8 Å². The number of benzene rings is 1. The van der Waals surface area contributed by atoms with E-state index in [1.54, 1.807) is 24.1 Å². The molecule has 1 aliphatic heterocycles. The molecular formula is C24H30IN7O. The first-order chi connectivity index (χ1) is 15.7. The van der Waals surface area contributed by atoms with E-state index in [9.17, 15) is 4.79 Å². The first-order valence-electron chi connectivity index (χ1n) is 10.9.